The number of halogens is 2. The standard InChI is InChI=1S/C30H32F2N6O6S/c1-30(2,3)44-29(39)37-11-9-21(10-12-37)36-27-22-13-18(5-7-24(22)34-17-35-27)19-14-26(28(43-4)33-16-19)38(45(40,41)42)25-8-6-20(31)15-23(25)32/h5-8,13-17,21H,9-12H2,1-4H3,(H,34,35,36)(H,40,41,42). The summed E-state index contributed by atoms with van der Waals surface area (Å²) in [6, 6.07) is 8.90. The van der Waals surface area contributed by atoms with Gasteiger partial charge in [-0.25, -0.2) is 32.8 Å². The molecule has 2 N–H and O–H groups in total. The third-order valence-electron chi connectivity index (χ3n) is 7.06. The zero-order chi connectivity index (χ0) is 32.5. The fraction of sp³-hybridized carbons (Fsp3) is 0.333. The lowest BCUT2D eigenvalue weighted by Gasteiger charge is -2.34. The number of anilines is 3. The number of nitrogens with zero attached hydrogens (tertiary/aromatic N) is 5. The van der Waals surface area contributed by atoms with Crippen molar-refractivity contribution in [2.45, 2.75) is 45.3 Å². The number of hydrogen-bond donors (Lipinski definition) is 2. The number of fused-ring (bicyclic) bond motifs is 1. The van der Waals surface area contributed by atoms with Gasteiger partial charge >= 0.3 is 16.4 Å². The van der Waals surface area contributed by atoms with E-state index in [-0.39, 0.29) is 28.0 Å². The molecule has 5 rings (SSSR count). The van der Waals surface area contributed by atoms with Gasteiger partial charge in [-0.3, -0.25) is 4.55 Å². The molecule has 0 saturated carbocycles. The molecule has 0 spiro atoms. The van der Waals surface area contributed by atoms with Gasteiger partial charge in [-0.15, -0.1) is 0 Å². The zero-order valence-corrected chi connectivity index (χ0v) is 25.8. The lowest BCUT2D eigenvalue weighted by Crippen LogP contribution is -2.44. The van der Waals surface area contributed by atoms with Gasteiger partial charge in [0.1, 0.15) is 29.3 Å². The van der Waals surface area contributed by atoms with E-state index in [9.17, 15) is 26.5 Å². The van der Waals surface area contributed by atoms with Gasteiger partial charge in [0, 0.05) is 42.3 Å². The maximum Gasteiger partial charge on any atom is 0.410 e. The van der Waals surface area contributed by atoms with Crippen molar-refractivity contribution in [3.63, 3.8) is 0 Å². The van der Waals surface area contributed by atoms with Gasteiger partial charge in [-0.2, -0.15) is 8.42 Å². The molecule has 238 valence electrons. The Morgan fingerprint density at radius 2 is 1.76 bits per heavy atom. The first kappa shape index (κ1) is 31.8. The fourth-order valence-corrected chi connectivity index (χ4v) is 5.78. The van der Waals surface area contributed by atoms with E-state index in [1.54, 1.807) is 23.1 Å². The van der Waals surface area contributed by atoms with Crippen molar-refractivity contribution >= 4 is 44.5 Å². The van der Waals surface area contributed by atoms with Crippen LogP contribution in [0.25, 0.3) is 22.0 Å². The average molecular weight is 643 g/mol. The predicted octanol–water partition coefficient (Wildman–Crippen LogP) is 5.73. The Bertz CT molecular complexity index is 1840. The average Bonchev–Trinajstić information content (AvgIpc) is 2.97. The molecule has 45 heavy (non-hydrogen) atoms. The van der Waals surface area contributed by atoms with E-state index in [2.05, 4.69) is 20.3 Å². The molecule has 0 unspecified atom stereocenters. The number of methoxy groups -OCH3 is 1. The second kappa shape index (κ2) is 12.4. The highest BCUT2D eigenvalue weighted by Gasteiger charge is 2.30. The molecule has 15 heteroatoms. The molecule has 3 heterocycles. The Balaban J connectivity index is 1.46. The third-order valence-corrected chi connectivity index (χ3v) is 7.91. The summed E-state index contributed by atoms with van der Waals surface area (Å²) in [6.07, 6.45) is 3.86. The van der Waals surface area contributed by atoms with Crippen LogP contribution >= 0.6 is 0 Å². The number of piperidine rings is 1. The first-order valence-corrected chi connectivity index (χ1v) is 15.4. The number of carbonyl (C=O) groups is 1. The van der Waals surface area contributed by atoms with Gasteiger partial charge in [0.2, 0.25) is 5.88 Å². The normalized spacial score (nSPS) is 14.3. The van der Waals surface area contributed by atoms with Crippen molar-refractivity contribution in [1.29, 1.82) is 0 Å². The minimum atomic E-state index is -5.13. The number of amides is 1. The molecule has 0 radical (unpaired) electrons. The van der Waals surface area contributed by atoms with Crippen molar-refractivity contribution in [3.8, 4) is 17.0 Å². The minimum absolute atomic E-state index is 0.0219. The highest BCUT2D eigenvalue weighted by molar-refractivity contribution is 7.87. The first-order valence-electron chi connectivity index (χ1n) is 14.0. The van der Waals surface area contributed by atoms with Gasteiger partial charge in [-0.1, -0.05) is 6.07 Å². The Morgan fingerprint density at radius 3 is 2.40 bits per heavy atom. The summed E-state index contributed by atoms with van der Waals surface area (Å²) < 4.78 is 74.4. The molecule has 2 aromatic heterocycles. The molecular formula is C30H32F2N6O6S. The van der Waals surface area contributed by atoms with E-state index in [1.807, 2.05) is 20.8 Å². The smallest absolute Gasteiger partial charge is 0.410 e. The highest BCUT2D eigenvalue weighted by atomic mass is 32.2. The first-order chi connectivity index (χ1) is 21.2. The number of nitrogens with one attached hydrogen (secondary N) is 1. The summed E-state index contributed by atoms with van der Waals surface area (Å²) in [5.41, 5.74) is 0.0914. The van der Waals surface area contributed by atoms with Gasteiger partial charge in [0.25, 0.3) is 0 Å². The molecular weight excluding hydrogens is 610 g/mol. The van der Waals surface area contributed by atoms with Crippen LogP contribution in [0.2, 0.25) is 0 Å². The van der Waals surface area contributed by atoms with Crippen LogP contribution in [-0.2, 0) is 15.0 Å². The van der Waals surface area contributed by atoms with Crippen LogP contribution in [0.3, 0.4) is 0 Å². The van der Waals surface area contributed by atoms with Gasteiger partial charge in [0.05, 0.1) is 18.3 Å². The van der Waals surface area contributed by atoms with E-state index >= 15 is 0 Å². The lowest BCUT2D eigenvalue weighted by atomic mass is 10.0. The van der Waals surface area contributed by atoms with E-state index in [0.29, 0.717) is 59.8 Å². The number of benzene rings is 2. The molecule has 4 aromatic rings. The Hall–Kier alpha value is -4.63. The molecule has 1 amide bonds. The van der Waals surface area contributed by atoms with E-state index in [0.717, 1.165) is 12.1 Å². The zero-order valence-electron chi connectivity index (χ0n) is 25.0. The Labute approximate surface area is 258 Å². The van der Waals surface area contributed by atoms with Crippen LogP contribution in [0.1, 0.15) is 33.6 Å². The Morgan fingerprint density at radius 1 is 1.02 bits per heavy atom. The van der Waals surface area contributed by atoms with Crippen LogP contribution in [-0.4, -0.2) is 70.8 Å². The number of rotatable bonds is 7. The quantitative estimate of drug-likeness (QED) is 0.240. The second-order valence-electron chi connectivity index (χ2n) is 11.4. The van der Waals surface area contributed by atoms with Crippen LogP contribution < -0.4 is 14.4 Å². The van der Waals surface area contributed by atoms with Crippen molar-refractivity contribution in [2.75, 3.05) is 29.8 Å². The SMILES string of the molecule is COc1ncc(-c2ccc3ncnc(NC4CCN(C(=O)OC(C)(C)C)CC4)c3c2)cc1N(c1ccc(F)cc1F)S(=O)(=O)O. The van der Waals surface area contributed by atoms with E-state index < -0.39 is 33.2 Å². The maximum absolute atomic E-state index is 14.7. The molecule has 1 aliphatic rings. The summed E-state index contributed by atoms with van der Waals surface area (Å²) in [5, 5.41) is 4.12. The van der Waals surface area contributed by atoms with Crippen molar-refractivity contribution in [2.24, 2.45) is 0 Å². The van der Waals surface area contributed by atoms with Gasteiger partial charge < -0.3 is 19.7 Å². The highest BCUT2D eigenvalue weighted by Crippen LogP contribution is 2.39. The van der Waals surface area contributed by atoms with Gasteiger partial charge in [-0.05, 0) is 69.5 Å². The second-order valence-corrected chi connectivity index (χ2v) is 12.7. The number of aromatic nitrogens is 3. The summed E-state index contributed by atoms with van der Waals surface area (Å²) in [5.74, 6) is -1.83. The third kappa shape index (κ3) is 7.20. The number of likely N-dealkylation sites (tertiary alicyclic amines) is 1. The Kier molecular flexibility index (Phi) is 8.76. The maximum atomic E-state index is 14.7. The van der Waals surface area contributed by atoms with Crippen LogP contribution in [0, 0.1) is 11.6 Å². The fourth-order valence-electron chi connectivity index (χ4n) is 5.00. The van der Waals surface area contributed by atoms with Crippen molar-refractivity contribution < 1.29 is 36.0 Å². The summed E-state index contributed by atoms with van der Waals surface area (Å²) in [4.78, 5) is 27.1. The number of pyridine rings is 1. The van der Waals surface area contributed by atoms with Gasteiger partial charge in [0.15, 0.2) is 5.82 Å². The minimum Gasteiger partial charge on any atom is -0.479 e. The lowest BCUT2D eigenvalue weighted by molar-refractivity contribution is 0.0210. The van der Waals surface area contributed by atoms with Crippen LogP contribution in [0.15, 0.2) is 55.0 Å². The molecule has 1 aliphatic heterocycles. The predicted molar refractivity (Wildman–Crippen MR) is 164 cm³/mol. The van der Waals surface area contributed by atoms with E-state index in [4.69, 9.17) is 9.47 Å². The molecule has 0 bridgehead atoms. The molecule has 2 aromatic carbocycles. The van der Waals surface area contributed by atoms with Crippen LogP contribution in [0.5, 0.6) is 5.88 Å². The number of hydrogen-bond acceptors (Lipinski definition) is 9. The molecule has 1 saturated heterocycles. The largest absolute Gasteiger partial charge is 0.479 e. The summed E-state index contributed by atoms with van der Waals surface area (Å²) >= 11 is 0. The van der Waals surface area contributed by atoms with E-state index in [1.165, 1.54) is 25.7 Å². The number of ether oxygens (including phenoxy) is 2. The molecule has 0 atom stereocenters. The molecule has 0 aliphatic carbocycles. The number of carbonyl (C=O) groups excluding carboxylic acids is 1. The van der Waals surface area contributed by atoms with Crippen molar-refractivity contribution in [3.05, 3.63) is 66.6 Å². The molecule has 12 nitrogen and oxygen atoms in total. The van der Waals surface area contributed by atoms with Crippen molar-refractivity contribution in [1.82, 2.24) is 19.9 Å². The monoisotopic (exact) mass is 642 g/mol. The topological polar surface area (TPSA) is 147 Å². The molecule has 1 fully saturated rings. The summed E-state index contributed by atoms with van der Waals surface area (Å²) in [6.45, 7) is 6.51. The summed E-state index contributed by atoms with van der Waals surface area (Å²) in [7, 11) is -3.89. The van der Waals surface area contributed by atoms with Crippen LogP contribution in [0.4, 0.5) is 30.8 Å².